The van der Waals surface area contributed by atoms with Gasteiger partial charge in [0.1, 0.15) is 5.60 Å². The van der Waals surface area contributed by atoms with Gasteiger partial charge in [0.05, 0.1) is 6.54 Å². The molecule has 0 spiro atoms. The molecular weight excluding hydrogens is 290 g/mol. The van der Waals surface area contributed by atoms with Crippen LogP contribution in [0.4, 0.5) is 8.78 Å². The summed E-state index contributed by atoms with van der Waals surface area (Å²) in [7, 11) is 0. The SMILES string of the molecule is CC(N)/C=C(/C(F)F)C(CC(C)C)NCC(=O)OC(C)(C)C. The van der Waals surface area contributed by atoms with E-state index in [1.165, 1.54) is 6.08 Å². The fourth-order valence-corrected chi connectivity index (χ4v) is 2.04. The lowest BCUT2D eigenvalue weighted by Crippen LogP contribution is -2.40. The predicted octanol–water partition coefficient (Wildman–Crippen LogP) is 2.87. The number of carbonyl (C=O) groups excluding carboxylic acids is 1. The average Bonchev–Trinajstić information content (AvgIpc) is 2.28. The van der Waals surface area contributed by atoms with Crippen molar-refractivity contribution >= 4 is 5.97 Å². The first-order chi connectivity index (χ1) is 9.92. The maximum absolute atomic E-state index is 13.3. The van der Waals surface area contributed by atoms with Crippen LogP contribution in [0.1, 0.15) is 48.0 Å². The highest BCUT2D eigenvalue weighted by Gasteiger charge is 2.25. The van der Waals surface area contributed by atoms with Gasteiger partial charge in [-0.2, -0.15) is 0 Å². The summed E-state index contributed by atoms with van der Waals surface area (Å²) in [6, 6.07) is -1.07. The van der Waals surface area contributed by atoms with Gasteiger partial charge < -0.3 is 15.8 Å². The van der Waals surface area contributed by atoms with Crippen molar-refractivity contribution in [2.24, 2.45) is 11.7 Å². The van der Waals surface area contributed by atoms with E-state index in [9.17, 15) is 13.6 Å². The first kappa shape index (κ1) is 21.0. The minimum Gasteiger partial charge on any atom is -0.459 e. The average molecular weight is 320 g/mol. The molecule has 0 saturated heterocycles. The highest BCUT2D eigenvalue weighted by Crippen LogP contribution is 2.20. The molecule has 22 heavy (non-hydrogen) atoms. The molecule has 4 nitrogen and oxygen atoms in total. The number of ether oxygens (including phenoxy) is 1. The summed E-state index contributed by atoms with van der Waals surface area (Å²) in [4.78, 5) is 11.7. The van der Waals surface area contributed by atoms with Crippen LogP contribution in [-0.4, -0.2) is 36.6 Å². The van der Waals surface area contributed by atoms with Crippen LogP contribution in [0.3, 0.4) is 0 Å². The zero-order valence-corrected chi connectivity index (χ0v) is 14.5. The number of nitrogens with two attached hydrogens (primary N) is 1. The Morgan fingerprint density at radius 1 is 1.27 bits per heavy atom. The molecule has 0 rings (SSSR count). The highest BCUT2D eigenvalue weighted by atomic mass is 19.3. The number of carbonyl (C=O) groups is 1. The Morgan fingerprint density at radius 2 is 1.82 bits per heavy atom. The van der Waals surface area contributed by atoms with Crippen molar-refractivity contribution in [2.75, 3.05) is 6.54 Å². The van der Waals surface area contributed by atoms with Crippen molar-refractivity contribution in [1.82, 2.24) is 5.32 Å². The molecule has 2 unspecified atom stereocenters. The number of hydrogen-bond acceptors (Lipinski definition) is 4. The maximum atomic E-state index is 13.3. The fourth-order valence-electron chi connectivity index (χ4n) is 2.04. The summed E-state index contributed by atoms with van der Waals surface area (Å²) < 4.78 is 31.7. The summed E-state index contributed by atoms with van der Waals surface area (Å²) in [5, 5.41) is 2.88. The Morgan fingerprint density at radius 3 is 2.18 bits per heavy atom. The van der Waals surface area contributed by atoms with E-state index in [1.807, 2.05) is 13.8 Å². The van der Waals surface area contributed by atoms with Crippen molar-refractivity contribution in [2.45, 2.75) is 72.1 Å². The van der Waals surface area contributed by atoms with Crippen LogP contribution in [0.15, 0.2) is 11.6 Å². The van der Waals surface area contributed by atoms with Gasteiger partial charge in [0, 0.05) is 17.7 Å². The van der Waals surface area contributed by atoms with Crippen molar-refractivity contribution in [1.29, 1.82) is 0 Å². The second-order valence-corrected chi connectivity index (χ2v) is 6.98. The zero-order valence-electron chi connectivity index (χ0n) is 14.5. The third kappa shape index (κ3) is 9.84. The van der Waals surface area contributed by atoms with Gasteiger partial charge in [-0.25, -0.2) is 8.78 Å². The van der Waals surface area contributed by atoms with E-state index < -0.39 is 30.1 Å². The normalized spacial score (nSPS) is 16.0. The van der Waals surface area contributed by atoms with E-state index in [1.54, 1.807) is 27.7 Å². The number of nitrogens with one attached hydrogen (secondary N) is 1. The van der Waals surface area contributed by atoms with E-state index in [-0.39, 0.29) is 18.0 Å². The minimum absolute atomic E-state index is 0.0627. The number of esters is 1. The molecule has 6 heteroatoms. The number of hydrogen-bond donors (Lipinski definition) is 2. The van der Waals surface area contributed by atoms with Crippen LogP contribution in [0.25, 0.3) is 0 Å². The van der Waals surface area contributed by atoms with Crippen molar-refractivity contribution < 1.29 is 18.3 Å². The molecule has 0 heterocycles. The molecule has 0 aliphatic rings. The summed E-state index contributed by atoms with van der Waals surface area (Å²) in [5.41, 5.74) is 4.95. The van der Waals surface area contributed by atoms with Crippen LogP contribution in [-0.2, 0) is 9.53 Å². The van der Waals surface area contributed by atoms with Crippen LogP contribution >= 0.6 is 0 Å². The standard InChI is InChI=1S/C16H30F2N2O2/c1-10(2)7-13(12(15(17)18)8-11(3)19)20-9-14(21)22-16(4,5)6/h8,10-11,13,15,20H,7,9,19H2,1-6H3/b12-8+. The molecule has 0 aromatic heterocycles. The van der Waals surface area contributed by atoms with Gasteiger partial charge in [-0.15, -0.1) is 0 Å². The summed E-state index contributed by atoms with van der Waals surface area (Å²) in [6.07, 6.45) is -0.758. The third-order valence-electron chi connectivity index (χ3n) is 2.73. The third-order valence-corrected chi connectivity index (χ3v) is 2.73. The van der Waals surface area contributed by atoms with Crippen LogP contribution in [0.2, 0.25) is 0 Å². The molecule has 0 amide bonds. The van der Waals surface area contributed by atoms with Gasteiger partial charge in [0.15, 0.2) is 0 Å². The smallest absolute Gasteiger partial charge is 0.320 e. The van der Waals surface area contributed by atoms with Crippen molar-refractivity contribution in [3.8, 4) is 0 Å². The van der Waals surface area contributed by atoms with E-state index in [0.29, 0.717) is 6.42 Å². The summed E-state index contributed by atoms with van der Waals surface area (Å²) >= 11 is 0. The van der Waals surface area contributed by atoms with E-state index in [0.717, 1.165) is 0 Å². The van der Waals surface area contributed by atoms with Crippen molar-refractivity contribution in [3.05, 3.63) is 11.6 Å². The summed E-state index contributed by atoms with van der Waals surface area (Å²) in [5.74, 6) is -0.262. The Bertz CT molecular complexity index is 375. The van der Waals surface area contributed by atoms with Gasteiger partial charge in [-0.05, 0) is 40.0 Å². The molecule has 0 fully saturated rings. The van der Waals surface area contributed by atoms with Gasteiger partial charge >= 0.3 is 5.97 Å². The molecule has 0 aliphatic carbocycles. The Kier molecular flexibility index (Phi) is 8.78. The molecule has 2 atom stereocenters. The number of alkyl halides is 2. The first-order valence-corrected chi connectivity index (χ1v) is 7.63. The fraction of sp³-hybridized carbons (Fsp3) is 0.812. The molecular formula is C16H30F2N2O2. The molecule has 0 aromatic rings. The maximum Gasteiger partial charge on any atom is 0.320 e. The first-order valence-electron chi connectivity index (χ1n) is 7.63. The predicted molar refractivity (Wildman–Crippen MR) is 84.8 cm³/mol. The van der Waals surface area contributed by atoms with Crippen LogP contribution in [0, 0.1) is 5.92 Å². The molecule has 0 aliphatic heterocycles. The largest absolute Gasteiger partial charge is 0.459 e. The highest BCUT2D eigenvalue weighted by molar-refractivity contribution is 5.72. The molecule has 130 valence electrons. The zero-order chi connectivity index (χ0) is 17.5. The number of halogens is 2. The lowest BCUT2D eigenvalue weighted by Gasteiger charge is -2.25. The molecule has 3 N–H and O–H groups in total. The lowest BCUT2D eigenvalue weighted by molar-refractivity contribution is -0.153. The lowest BCUT2D eigenvalue weighted by atomic mass is 9.95. The van der Waals surface area contributed by atoms with E-state index in [4.69, 9.17) is 10.5 Å². The van der Waals surface area contributed by atoms with Crippen molar-refractivity contribution in [3.63, 3.8) is 0 Å². The second-order valence-electron chi connectivity index (χ2n) is 6.98. The van der Waals surface area contributed by atoms with Gasteiger partial charge in [0.25, 0.3) is 6.43 Å². The van der Waals surface area contributed by atoms with E-state index >= 15 is 0 Å². The van der Waals surface area contributed by atoms with Gasteiger partial charge in [-0.1, -0.05) is 19.9 Å². The van der Waals surface area contributed by atoms with Crippen LogP contribution < -0.4 is 11.1 Å². The Labute approximate surface area is 132 Å². The Balaban J connectivity index is 4.94. The molecule has 0 aromatic carbocycles. The van der Waals surface area contributed by atoms with Gasteiger partial charge in [-0.3, -0.25) is 4.79 Å². The minimum atomic E-state index is -2.61. The van der Waals surface area contributed by atoms with Gasteiger partial charge in [0.2, 0.25) is 0 Å². The van der Waals surface area contributed by atoms with E-state index in [2.05, 4.69) is 5.32 Å². The molecule has 0 bridgehead atoms. The van der Waals surface area contributed by atoms with Crippen LogP contribution in [0.5, 0.6) is 0 Å². The Hall–Kier alpha value is -1.01. The molecule has 0 radical (unpaired) electrons. The quantitative estimate of drug-likeness (QED) is 0.533. The molecule has 0 saturated carbocycles. The topological polar surface area (TPSA) is 64.3 Å². The second kappa shape index (κ2) is 9.20. The number of rotatable bonds is 8. The summed E-state index contributed by atoms with van der Waals surface area (Å²) in [6.45, 7) is 10.7. The monoisotopic (exact) mass is 320 g/mol.